The molecule has 0 radical (unpaired) electrons. The number of carbonyl (C=O) groups is 1. The van der Waals surface area contributed by atoms with E-state index in [4.69, 9.17) is 4.74 Å². The third-order valence-corrected chi connectivity index (χ3v) is 8.75. The molecule has 1 N–H and O–H groups in total. The van der Waals surface area contributed by atoms with E-state index in [2.05, 4.69) is 22.3 Å². The third kappa shape index (κ3) is 5.81. The third-order valence-electron chi connectivity index (χ3n) is 6.95. The predicted octanol–water partition coefficient (Wildman–Crippen LogP) is 4.25. The van der Waals surface area contributed by atoms with Crippen LogP contribution in [0.25, 0.3) is 0 Å². The Bertz CT molecular complexity index is 1340. The smallest absolute Gasteiger partial charge is 0.264 e. The largest absolute Gasteiger partial charge is 0.476 e. The molecule has 0 aromatic heterocycles. The fourth-order valence-corrected chi connectivity index (χ4v) is 6.38. The SMILES string of the molecule is Cc1ccc2c(c1)N(S(=O)(=O)c1ccccc1)C[C@@H](C(=O)NCc1ccc(CN3CCCCC3)cc1)O2. The van der Waals surface area contributed by atoms with E-state index in [1.54, 1.807) is 42.5 Å². The highest BCUT2D eigenvalue weighted by atomic mass is 32.2. The van der Waals surface area contributed by atoms with E-state index in [9.17, 15) is 13.2 Å². The lowest BCUT2D eigenvalue weighted by atomic mass is 10.1. The Balaban J connectivity index is 1.27. The Morgan fingerprint density at radius 2 is 1.65 bits per heavy atom. The van der Waals surface area contributed by atoms with Crippen molar-refractivity contribution in [2.45, 2.75) is 50.3 Å². The zero-order valence-corrected chi connectivity index (χ0v) is 21.9. The number of benzene rings is 3. The van der Waals surface area contributed by atoms with Crippen molar-refractivity contribution in [3.05, 3.63) is 89.5 Å². The predicted molar refractivity (Wildman–Crippen MR) is 144 cm³/mol. The molecule has 0 unspecified atom stereocenters. The topological polar surface area (TPSA) is 79.0 Å². The van der Waals surface area contributed by atoms with Crippen molar-refractivity contribution in [2.75, 3.05) is 23.9 Å². The number of hydrogen-bond donors (Lipinski definition) is 1. The van der Waals surface area contributed by atoms with Crippen LogP contribution in [0.4, 0.5) is 5.69 Å². The molecule has 8 heteroatoms. The van der Waals surface area contributed by atoms with E-state index in [0.717, 1.165) is 30.8 Å². The number of fused-ring (bicyclic) bond motifs is 1. The summed E-state index contributed by atoms with van der Waals surface area (Å²) in [4.78, 5) is 15.8. The Morgan fingerprint density at radius 1 is 0.946 bits per heavy atom. The van der Waals surface area contributed by atoms with Gasteiger partial charge in [0, 0.05) is 13.1 Å². The Kier molecular flexibility index (Phi) is 7.48. The van der Waals surface area contributed by atoms with Crippen molar-refractivity contribution in [1.29, 1.82) is 0 Å². The summed E-state index contributed by atoms with van der Waals surface area (Å²) < 4.78 is 34.3. The minimum atomic E-state index is -3.87. The van der Waals surface area contributed by atoms with Gasteiger partial charge in [-0.2, -0.15) is 0 Å². The molecular formula is C29H33N3O4S. The number of aryl methyl sites for hydroxylation is 1. The van der Waals surface area contributed by atoms with Gasteiger partial charge in [-0.15, -0.1) is 0 Å². The molecule has 2 aliphatic heterocycles. The van der Waals surface area contributed by atoms with Crippen LogP contribution in [0.3, 0.4) is 0 Å². The maximum absolute atomic E-state index is 13.5. The number of likely N-dealkylation sites (tertiary alicyclic amines) is 1. The fraction of sp³-hybridized carbons (Fsp3) is 0.345. The summed E-state index contributed by atoms with van der Waals surface area (Å²) in [6, 6.07) is 21.9. The molecule has 1 atom stereocenters. The van der Waals surface area contributed by atoms with Gasteiger partial charge < -0.3 is 10.1 Å². The lowest BCUT2D eigenvalue weighted by Gasteiger charge is -2.35. The summed E-state index contributed by atoms with van der Waals surface area (Å²) in [5.41, 5.74) is 3.59. The van der Waals surface area contributed by atoms with E-state index in [1.165, 1.54) is 29.1 Å². The Morgan fingerprint density at radius 3 is 2.38 bits per heavy atom. The molecule has 7 nitrogen and oxygen atoms in total. The highest BCUT2D eigenvalue weighted by Gasteiger charge is 2.37. The monoisotopic (exact) mass is 519 g/mol. The first-order valence-electron chi connectivity index (χ1n) is 12.8. The van der Waals surface area contributed by atoms with Gasteiger partial charge in [0.15, 0.2) is 6.10 Å². The zero-order chi connectivity index (χ0) is 25.8. The van der Waals surface area contributed by atoms with Crippen LogP contribution in [-0.2, 0) is 27.9 Å². The van der Waals surface area contributed by atoms with Crippen LogP contribution < -0.4 is 14.4 Å². The number of rotatable bonds is 7. The van der Waals surface area contributed by atoms with Gasteiger partial charge >= 0.3 is 0 Å². The highest BCUT2D eigenvalue weighted by Crippen LogP contribution is 2.37. The van der Waals surface area contributed by atoms with Crippen LogP contribution >= 0.6 is 0 Å². The number of piperidine rings is 1. The Labute approximate surface area is 219 Å². The first kappa shape index (κ1) is 25.3. The highest BCUT2D eigenvalue weighted by molar-refractivity contribution is 7.92. The summed E-state index contributed by atoms with van der Waals surface area (Å²) >= 11 is 0. The normalized spacial score (nSPS) is 18.1. The number of hydrogen-bond acceptors (Lipinski definition) is 5. The maximum atomic E-state index is 13.5. The molecule has 1 fully saturated rings. The van der Waals surface area contributed by atoms with Crippen molar-refractivity contribution >= 4 is 21.6 Å². The first-order valence-corrected chi connectivity index (χ1v) is 14.3. The summed E-state index contributed by atoms with van der Waals surface area (Å²) in [5.74, 6) is 0.0236. The van der Waals surface area contributed by atoms with Crippen molar-refractivity contribution < 1.29 is 17.9 Å². The molecule has 1 amide bonds. The van der Waals surface area contributed by atoms with Crippen LogP contribution in [0.2, 0.25) is 0 Å². The van der Waals surface area contributed by atoms with E-state index in [1.807, 2.05) is 25.1 Å². The van der Waals surface area contributed by atoms with Gasteiger partial charge in [-0.25, -0.2) is 8.42 Å². The number of sulfonamides is 1. The van der Waals surface area contributed by atoms with Crippen LogP contribution in [0.1, 0.15) is 36.0 Å². The average Bonchev–Trinajstić information content (AvgIpc) is 2.93. The number of carbonyl (C=O) groups excluding carboxylic acids is 1. The second kappa shape index (κ2) is 10.9. The molecule has 194 valence electrons. The van der Waals surface area contributed by atoms with Gasteiger partial charge in [0.2, 0.25) is 0 Å². The van der Waals surface area contributed by atoms with Gasteiger partial charge in [0.1, 0.15) is 5.75 Å². The van der Waals surface area contributed by atoms with Crippen LogP contribution in [0.15, 0.2) is 77.7 Å². The molecule has 0 bridgehead atoms. The van der Waals surface area contributed by atoms with Gasteiger partial charge in [-0.3, -0.25) is 14.0 Å². The molecule has 1 saturated heterocycles. The number of nitrogens with one attached hydrogen (secondary N) is 1. The average molecular weight is 520 g/mol. The molecule has 3 aromatic carbocycles. The molecule has 2 aliphatic rings. The summed E-state index contributed by atoms with van der Waals surface area (Å²) in [5, 5.41) is 2.93. The molecule has 37 heavy (non-hydrogen) atoms. The van der Waals surface area contributed by atoms with Gasteiger partial charge in [-0.05, 0) is 73.8 Å². The zero-order valence-electron chi connectivity index (χ0n) is 21.1. The second-order valence-electron chi connectivity index (χ2n) is 9.80. The molecule has 0 aliphatic carbocycles. The van der Waals surface area contributed by atoms with Crippen molar-refractivity contribution in [2.24, 2.45) is 0 Å². The minimum absolute atomic E-state index is 0.103. The van der Waals surface area contributed by atoms with E-state index in [0.29, 0.717) is 18.0 Å². The minimum Gasteiger partial charge on any atom is -0.476 e. The number of ether oxygens (including phenoxy) is 1. The summed E-state index contributed by atoms with van der Waals surface area (Å²) in [6.07, 6.45) is 2.89. The summed E-state index contributed by atoms with van der Waals surface area (Å²) in [7, 11) is -3.87. The van der Waals surface area contributed by atoms with Gasteiger partial charge in [0.05, 0.1) is 17.1 Å². The second-order valence-corrected chi connectivity index (χ2v) is 11.7. The quantitative estimate of drug-likeness (QED) is 0.505. The number of anilines is 1. The van der Waals surface area contributed by atoms with E-state index >= 15 is 0 Å². The van der Waals surface area contributed by atoms with Crippen molar-refractivity contribution in [3.63, 3.8) is 0 Å². The van der Waals surface area contributed by atoms with Crippen LogP contribution in [-0.4, -0.2) is 45.0 Å². The maximum Gasteiger partial charge on any atom is 0.264 e. The first-order chi connectivity index (χ1) is 17.9. The molecule has 3 aromatic rings. The molecule has 2 heterocycles. The molecule has 0 spiro atoms. The van der Waals surface area contributed by atoms with Gasteiger partial charge in [-0.1, -0.05) is 55.0 Å². The van der Waals surface area contributed by atoms with Crippen LogP contribution in [0, 0.1) is 6.92 Å². The lowest BCUT2D eigenvalue weighted by molar-refractivity contribution is -0.127. The van der Waals surface area contributed by atoms with Crippen molar-refractivity contribution in [1.82, 2.24) is 10.2 Å². The number of nitrogens with zero attached hydrogens (tertiary/aromatic N) is 2. The van der Waals surface area contributed by atoms with Crippen LogP contribution in [0.5, 0.6) is 5.75 Å². The van der Waals surface area contributed by atoms with E-state index in [-0.39, 0.29) is 17.3 Å². The molecular weight excluding hydrogens is 486 g/mol. The molecule has 0 saturated carbocycles. The molecule has 5 rings (SSSR count). The van der Waals surface area contributed by atoms with Crippen molar-refractivity contribution in [3.8, 4) is 5.75 Å². The number of amides is 1. The standard InChI is InChI=1S/C29H33N3O4S/c1-22-10-15-27-26(18-22)32(37(34,35)25-8-4-2-5-9-25)21-28(36-27)29(33)30-19-23-11-13-24(14-12-23)20-31-16-6-3-7-17-31/h2,4-5,8-15,18,28H,3,6-7,16-17,19-21H2,1H3,(H,30,33)/t28-/m0/s1. The Hall–Kier alpha value is -3.36. The van der Waals surface area contributed by atoms with Gasteiger partial charge in [0.25, 0.3) is 15.9 Å². The fourth-order valence-electron chi connectivity index (χ4n) is 4.89. The van der Waals surface area contributed by atoms with E-state index < -0.39 is 16.1 Å². The lowest BCUT2D eigenvalue weighted by Crippen LogP contribution is -2.50. The summed E-state index contributed by atoms with van der Waals surface area (Å²) in [6.45, 7) is 5.39.